The number of Topliss-reactive ketones (excluding diaryl/α,β-unsaturated/α-hetero) is 1. The zero-order chi connectivity index (χ0) is 34.5. The normalized spacial score (nSPS) is 11.0. The summed E-state index contributed by atoms with van der Waals surface area (Å²) in [6.45, 7) is 10.7. The molecular weight excluding hydrogens is 732 g/mol. The van der Waals surface area contributed by atoms with E-state index in [0.29, 0.717) is 26.2 Å². The summed E-state index contributed by atoms with van der Waals surface area (Å²) in [5.41, 5.74) is 9.43. The monoisotopic (exact) mass is 776 g/mol. The Morgan fingerprint density at radius 3 is 1.79 bits per heavy atom. The van der Waals surface area contributed by atoms with Gasteiger partial charge in [-0.15, -0.1) is 0 Å². The van der Waals surface area contributed by atoms with Gasteiger partial charge in [-0.1, -0.05) is 48.5 Å². The summed E-state index contributed by atoms with van der Waals surface area (Å²) in [6.07, 6.45) is 4.39. The minimum Gasteiger partial charge on any atom is -0.488 e. The van der Waals surface area contributed by atoms with E-state index < -0.39 is 0 Å². The van der Waals surface area contributed by atoms with E-state index in [1.54, 1.807) is 13.8 Å². The number of amides is 1. The Morgan fingerprint density at radius 1 is 0.688 bits per heavy atom. The van der Waals surface area contributed by atoms with Crippen LogP contribution in [-0.4, -0.2) is 24.8 Å². The fraction of sp³-hybridized carbons (Fsp3) is 0.350. The number of aryl methyl sites for hydroxylation is 1. The maximum atomic E-state index is 11.1. The SMILES string of the molecule is CC(=O)CCCNCc1ccc(OCc2cccc(-c3cccc(COc4ccc(CCCCNC(C)=O)cc4Br)c3C)c2C)c(Br)c1. The Bertz CT molecular complexity index is 1580. The lowest BCUT2D eigenvalue weighted by Gasteiger charge is -2.17. The van der Waals surface area contributed by atoms with Gasteiger partial charge >= 0.3 is 0 Å². The number of halogens is 2. The molecule has 0 spiro atoms. The van der Waals surface area contributed by atoms with Gasteiger partial charge in [0.25, 0.3) is 0 Å². The number of carbonyl (C=O) groups excluding carboxylic acids is 2. The molecule has 4 rings (SSSR count). The van der Waals surface area contributed by atoms with Crippen LogP contribution in [-0.2, 0) is 35.8 Å². The molecule has 0 unspecified atom stereocenters. The van der Waals surface area contributed by atoms with E-state index in [1.807, 2.05) is 12.1 Å². The minimum atomic E-state index is 0.0181. The Balaban J connectivity index is 1.35. The largest absolute Gasteiger partial charge is 0.488 e. The van der Waals surface area contributed by atoms with E-state index in [4.69, 9.17) is 9.47 Å². The fourth-order valence-electron chi connectivity index (χ4n) is 5.58. The van der Waals surface area contributed by atoms with Crippen LogP contribution in [0.4, 0.5) is 0 Å². The molecule has 254 valence electrons. The standard InChI is InChI=1S/C40H46Br2N2O4/c1-27(45)10-9-20-43-24-32-17-19-40(38(42)23-32)48-26-34-13-8-15-36(29(34)3)35-14-7-12-33(28(35)2)25-47-39-18-16-31(22-37(39)41)11-5-6-21-44-30(4)46/h7-8,12-19,22-23,43H,5-6,9-11,20-21,24-26H2,1-4H3,(H,44,46). The lowest BCUT2D eigenvalue weighted by atomic mass is 9.92. The molecule has 48 heavy (non-hydrogen) atoms. The molecule has 2 N–H and O–H groups in total. The van der Waals surface area contributed by atoms with Crippen LogP contribution in [0.15, 0.2) is 81.7 Å². The molecular formula is C40H46Br2N2O4. The molecule has 0 fully saturated rings. The summed E-state index contributed by atoms with van der Waals surface area (Å²) >= 11 is 7.38. The molecule has 0 aliphatic rings. The molecule has 0 radical (unpaired) electrons. The van der Waals surface area contributed by atoms with E-state index in [9.17, 15) is 9.59 Å². The highest BCUT2D eigenvalue weighted by molar-refractivity contribution is 9.10. The van der Waals surface area contributed by atoms with Gasteiger partial charge in [0.15, 0.2) is 0 Å². The molecule has 0 aliphatic heterocycles. The second-order valence-electron chi connectivity index (χ2n) is 12.2. The fourth-order valence-corrected chi connectivity index (χ4v) is 6.66. The molecule has 0 aromatic heterocycles. The second kappa shape index (κ2) is 18.9. The van der Waals surface area contributed by atoms with Gasteiger partial charge in [-0.3, -0.25) is 4.79 Å². The third kappa shape index (κ3) is 11.3. The molecule has 1 amide bonds. The molecule has 4 aromatic carbocycles. The Kier molecular flexibility index (Phi) is 14.7. The predicted molar refractivity (Wildman–Crippen MR) is 202 cm³/mol. The molecule has 0 heterocycles. The van der Waals surface area contributed by atoms with Crippen LogP contribution < -0.4 is 20.1 Å². The molecule has 4 aromatic rings. The average molecular weight is 779 g/mol. The number of unbranched alkanes of at least 4 members (excludes halogenated alkanes) is 1. The zero-order valence-corrected chi connectivity index (χ0v) is 31.6. The summed E-state index contributed by atoms with van der Waals surface area (Å²) in [7, 11) is 0. The number of hydrogen-bond acceptors (Lipinski definition) is 5. The van der Waals surface area contributed by atoms with Gasteiger partial charge in [-0.2, -0.15) is 0 Å². The molecule has 0 aliphatic carbocycles. The first-order valence-corrected chi connectivity index (χ1v) is 18.2. The van der Waals surface area contributed by atoms with Crippen LogP contribution in [0.25, 0.3) is 11.1 Å². The van der Waals surface area contributed by atoms with Gasteiger partial charge in [0, 0.05) is 26.4 Å². The van der Waals surface area contributed by atoms with Crippen molar-refractivity contribution in [1.29, 1.82) is 0 Å². The van der Waals surface area contributed by atoms with Crippen molar-refractivity contribution in [2.45, 2.75) is 79.6 Å². The van der Waals surface area contributed by atoms with Crippen LogP contribution in [0.2, 0.25) is 0 Å². The van der Waals surface area contributed by atoms with Crippen LogP contribution in [0.5, 0.6) is 11.5 Å². The Labute approximate surface area is 302 Å². The Morgan fingerprint density at radius 2 is 1.25 bits per heavy atom. The van der Waals surface area contributed by atoms with Gasteiger partial charge in [0.05, 0.1) is 8.95 Å². The maximum absolute atomic E-state index is 11.1. The van der Waals surface area contributed by atoms with Crippen molar-refractivity contribution < 1.29 is 19.1 Å². The quantitative estimate of drug-likeness (QED) is 0.0985. The van der Waals surface area contributed by atoms with Gasteiger partial charge in [0.2, 0.25) is 5.91 Å². The van der Waals surface area contributed by atoms with E-state index in [-0.39, 0.29) is 11.7 Å². The summed E-state index contributed by atoms with van der Waals surface area (Å²) in [5, 5.41) is 6.25. The Hall–Kier alpha value is -3.46. The van der Waals surface area contributed by atoms with E-state index >= 15 is 0 Å². The molecule has 0 saturated carbocycles. The van der Waals surface area contributed by atoms with Crippen molar-refractivity contribution in [3.63, 3.8) is 0 Å². The predicted octanol–water partition coefficient (Wildman–Crippen LogP) is 9.57. The third-order valence-corrected chi connectivity index (χ3v) is 9.66. The first-order chi connectivity index (χ1) is 23.1. The van der Waals surface area contributed by atoms with Crippen molar-refractivity contribution in [3.05, 3.63) is 115 Å². The third-order valence-electron chi connectivity index (χ3n) is 8.42. The first-order valence-electron chi connectivity index (χ1n) is 16.6. The number of rotatable bonds is 18. The molecule has 0 bridgehead atoms. The lowest BCUT2D eigenvalue weighted by molar-refractivity contribution is -0.119. The lowest BCUT2D eigenvalue weighted by Crippen LogP contribution is -2.20. The topological polar surface area (TPSA) is 76.7 Å². The zero-order valence-electron chi connectivity index (χ0n) is 28.4. The highest BCUT2D eigenvalue weighted by Crippen LogP contribution is 2.33. The molecule has 6 nitrogen and oxygen atoms in total. The van der Waals surface area contributed by atoms with Gasteiger partial charge in [-0.25, -0.2) is 0 Å². The minimum absolute atomic E-state index is 0.0181. The van der Waals surface area contributed by atoms with E-state index in [2.05, 4.69) is 117 Å². The highest BCUT2D eigenvalue weighted by atomic mass is 79.9. The van der Waals surface area contributed by atoms with Gasteiger partial charge in [-0.05, 0) is 154 Å². The van der Waals surface area contributed by atoms with Crippen LogP contribution >= 0.6 is 31.9 Å². The molecule has 0 saturated heterocycles. The van der Waals surface area contributed by atoms with E-state index in [1.165, 1.54) is 27.8 Å². The first kappa shape index (κ1) is 37.4. The van der Waals surface area contributed by atoms with Gasteiger partial charge < -0.3 is 24.9 Å². The van der Waals surface area contributed by atoms with Crippen molar-refractivity contribution in [1.82, 2.24) is 10.6 Å². The number of hydrogen-bond donors (Lipinski definition) is 2. The van der Waals surface area contributed by atoms with Crippen molar-refractivity contribution >= 4 is 43.6 Å². The number of carbonyl (C=O) groups is 2. The van der Waals surface area contributed by atoms with Crippen LogP contribution in [0.3, 0.4) is 0 Å². The van der Waals surface area contributed by atoms with Crippen LogP contribution in [0, 0.1) is 13.8 Å². The number of benzene rings is 4. The summed E-state index contributed by atoms with van der Waals surface area (Å²) in [5.74, 6) is 1.87. The van der Waals surface area contributed by atoms with Crippen molar-refractivity contribution in [2.75, 3.05) is 13.1 Å². The molecule has 0 atom stereocenters. The molecule has 8 heteroatoms. The van der Waals surface area contributed by atoms with Crippen molar-refractivity contribution in [2.24, 2.45) is 0 Å². The van der Waals surface area contributed by atoms with Crippen molar-refractivity contribution in [3.8, 4) is 22.6 Å². The summed E-state index contributed by atoms with van der Waals surface area (Å²) in [6, 6.07) is 25.2. The maximum Gasteiger partial charge on any atom is 0.216 e. The average Bonchev–Trinajstić information content (AvgIpc) is 3.05. The number of nitrogens with one attached hydrogen (secondary N) is 2. The smallest absolute Gasteiger partial charge is 0.216 e. The second-order valence-corrected chi connectivity index (χ2v) is 13.9. The van der Waals surface area contributed by atoms with Gasteiger partial charge in [0.1, 0.15) is 30.5 Å². The number of ketones is 1. The summed E-state index contributed by atoms with van der Waals surface area (Å²) in [4.78, 5) is 22.2. The van der Waals surface area contributed by atoms with E-state index in [0.717, 1.165) is 75.9 Å². The van der Waals surface area contributed by atoms with Crippen LogP contribution in [0.1, 0.15) is 72.9 Å². The highest BCUT2D eigenvalue weighted by Gasteiger charge is 2.13. The number of ether oxygens (including phenoxy) is 2. The summed E-state index contributed by atoms with van der Waals surface area (Å²) < 4.78 is 14.4.